The molecular formula is C21H23N3O2S2. The SMILES string of the molecule is COc1ccccc1NC(=O)[C@H](C)Sc1ncnc2sc3c(c12)CC[C@@H](C)C3. The Kier molecular flexibility index (Phi) is 5.55. The van der Waals surface area contributed by atoms with Crippen LogP contribution in [0.3, 0.4) is 0 Å². The van der Waals surface area contributed by atoms with Gasteiger partial charge in [0.25, 0.3) is 0 Å². The van der Waals surface area contributed by atoms with E-state index in [4.69, 9.17) is 4.74 Å². The average Bonchev–Trinajstić information content (AvgIpc) is 3.06. The van der Waals surface area contributed by atoms with E-state index in [1.807, 2.05) is 31.2 Å². The zero-order valence-electron chi connectivity index (χ0n) is 16.2. The van der Waals surface area contributed by atoms with Gasteiger partial charge in [0.05, 0.1) is 18.0 Å². The first-order valence-corrected chi connectivity index (χ1v) is 11.1. The lowest BCUT2D eigenvalue weighted by Crippen LogP contribution is -2.22. The fraction of sp³-hybridized carbons (Fsp3) is 0.381. The summed E-state index contributed by atoms with van der Waals surface area (Å²) in [7, 11) is 1.60. The molecule has 5 nitrogen and oxygen atoms in total. The molecule has 0 saturated carbocycles. The molecule has 2 heterocycles. The zero-order chi connectivity index (χ0) is 19.7. The van der Waals surface area contributed by atoms with Crippen LogP contribution in [0.15, 0.2) is 35.6 Å². The third kappa shape index (κ3) is 3.73. The minimum Gasteiger partial charge on any atom is -0.495 e. The van der Waals surface area contributed by atoms with Crippen LogP contribution in [0.4, 0.5) is 5.69 Å². The van der Waals surface area contributed by atoms with Gasteiger partial charge in [-0.25, -0.2) is 9.97 Å². The molecule has 28 heavy (non-hydrogen) atoms. The number of aromatic nitrogens is 2. The van der Waals surface area contributed by atoms with E-state index in [9.17, 15) is 4.79 Å². The first-order valence-electron chi connectivity index (χ1n) is 9.42. The number of carbonyl (C=O) groups excluding carboxylic acids is 1. The highest BCUT2D eigenvalue weighted by Crippen LogP contribution is 2.41. The summed E-state index contributed by atoms with van der Waals surface area (Å²) >= 11 is 3.27. The molecule has 4 rings (SSSR count). The molecule has 2 atom stereocenters. The molecule has 0 fully saturated rings. The van der Waals surface area contributed by atoms with Crippen molar-refractivity contribution in [3.8, 4) is 5.75 Å². The van der Waals surface area contributed by atoms with Crippen LogP contribution >= 0.6 is 23.1 Å². The number of benzene rings is 1. The Morgan fingerprint density at radius 1 is 1.36 bits per heavy atom. The van der Waals surface area contributed by atoms with E-state index in [1.165, 1.54) is 28.6 Å². The minimum absolute atomic E-state index is 0.0704. The topological polar surface area (TPSA) is 64.1 Å². The minimum atomic E-state index is -0.291. The molecule has 0 aliphatic heterocycles. The summed E-state index contributed by atoms with van der Waals surface area (Å²) in [5.41, 5.74) is 2.07. The lowest BCUT2D eigenvalue weighted by molar-refractivity contribution is -0.115. The number of nitrogens with zero attached hydrogens (tertiary/aromatic N) is 2. The van der Waals surface area contributed by atoms with Crippen LogP contribution in [-0.2, 0) is 17.6 Å². The van der Waals surface area contributed by atoms with Gasteiger partial charge in [0.1, 0.15) is 21.9 Å². The molecule has 0 saturated heterocycles. The lowest BCUT2D eigenvalue weighted by atomic mass is 9.89. The van der Waals surface area contributed by atoms with Gasteiger partial charge in [0, 0.05) is 10.3 Å². The average molecular weight is 414 g/mol. The quantitative estimate of drug-likeness (QED) is 0.474. The second-order valence-corrected chi connectivity index (χ2v) is 9.57. The third-order valence-electron chi connectivity index (χ3n) is 5.08. The van der Waals surface area contributed by atoms with Crippen molar-refractivity contribution in [2.45, 2.75) is 43.4 Å². The van der Waals surface area contributed by atoms with Crippen LogP contribution in [-0.4, -0.2) is 28.2 Å². The van der Waals surface area contributed by atoms with Crippen molar-refractivity contribution in [1.29, 1.82) is 0 Å². The number of thiophene rings is 1. The normalized spacial score (nSPS) is 17.2. The van der Waals surface area contributed by atoms with E-state index in [0.717, 1.165) is 34.0 Å². The van der Waals surface area contributed by atoms with E-state index >= 15 is 0 Å². The predicted molar refractivity (Wildman–Crippen MR) is 116 cm³/mol. The summed E-state index contributed by atoms with van der Waals surface area (Å²) in [6, 6.07) is 7.43. The van der Waals surface area contributed by atoms with Gasteiger partial charge in [0.15, 0.2) is 0 Å². The molecule has 1 aromatic carbocycles. The first-order chi connectivity index (χ1) is 13.6. The number of nitrogens with one attached hydrogen (secondary N) is 1. The molecule has 146 valence electrons. The van der Waals surface area contributed by atoms with Crippen LogP contribution < -0.4 is 10.1 Å². The molecule has 1 amide bonds. The summed E-state index contributed by atoms with van der Waals surface area (Å²) in [6.45, 7) is 4.21. The van der Waals surface area contributed by atoms with E-state index < -0.39 is 0 Å². The van der Waals surface area contributed by atoms with Gasteiger partial charge in [-0.1, -0.05) is 30.8 Å². The second-order valence-electron chi connectivity index (χ2n) is 7.16. The lowest BCUT2D eigenvalue weighted by Gasteiger charge is -2.18. The summed E-state index contributed by atoms with van der Waals surface area (Å²) in [4.78, 5) is 24.2. The largest absolute Gasteiger partial charge is 0.495 e. The van der Waals surface area contributed by atoms with Crippen molar-refractivity contribution in [1.82, 2.24) is 9.97 Å². The zero-order valence-corrected chi connectivity index (χ0v) is 17.8. The number of para-hydroxylation sites is 2. The molecule has 1 N–H and O–H groups in total. The van der Waals surface area contributed by atoms with E-state index in [2.05, 4.69) is 22.2 Å². The number of thioether (sulfide) groups is 1. The van der Waals surface area contributed by atoms with Crippen LogP contribution in [0.2, 0.25) is 0 Å². The Balaban J connectivity index is 1.57. The van der Waals surface area contributed by atoms with Gasteiger partial charge in [-0.15, -0.1) is 11.3 Å². The Morgan fingerprint density at radius 3 is 3.00 bits per heavy atom. The van der Waals surface area contributed by atoms with Crippen molar-refractivity contribution in [2.24, 2.45) is 5.92 Å². The molecule has 1 aliphatic carbocycles. The van der Waals surface area contributed by atoms with Gasteiger partial charge in [0.2, 0.25) is 5.91 Å². The van der Waals surface area contributed by atoms with Crippen LogP contribution in [0.5, 0.6) is 5.75 Å². The van der Waals surface area contributed by atoms with Gasteiger partial charge in [-0.05, 0) is 49.8 Å². The molecule has 1 aliphatic rings. The number of anilines is 1. The number of fused-ring (bicyclic) bond motifs is 3. The number of carbonyl (C=O) groups is 1. The third-order valence-corrected chi connectivity index (χ3v) is 7.34. The Morgan fingerprint density at radius 2 is 2.18 bits per heavy atom. The Bertz CT molecular complexity index is 1020. The second kappa shape index (κ2) is 8.09. The van der Waals surface area contributed by atoms with E-state index in [-0.39, 0.29) is 11.2 Å². The fourth-order valence-corrected chi connectivity index (χ4v) is 5.90. The monoisotopic (exact) mass is 413 g/mol. The van der Waals surface area contributed by atoms with Gasteiger partial charge in [-0.2, -0.15) is 0 Å². The summed E-state index contributed by atoms with van der Waals surface area (Å²) < 4.78 is 5.32. The van der Waals surface area contributed by atoms with Gasteiger partial charge in [-0.3, -0.25) is 4.79 Å². The highest BCUT2D eigenvalue weighted by atomic mass is 32.2. The number of hydrogen-bond donors (Lipinski definition) is 1. The molecule has 0 bridgehead atoms. The molecule has 3 aromatic rings. The Labute approximate surface area is 172 Å². The molecule has 7 heteroatoms. The number of amides is 1. The van der Waals surface area contributed by atoms with Gasteiger partial charge < -0.3 is 10.1 Å². The molecule has 0 spiro atoms. The van der Waals surface area contributed by atoms with E-state index in [0.29, 0.717) is 11.4 Å². The van der Waals surface area contributed by atoms with Crippen LogP contribution in [0.1, 0.15) is 30.7 Å². The van der Waals surface area contributed by atoms with Crippen molar-refractivity contribution in [2.75, 3.05) is 12.4 Å². The highest BCUT2D eigenvalue weighted by Gasteiger charge is 2.25. The Hall–Kier alpha value is -2.12. The first kappa shape index (κ1) is 19.2. The standard InChI is InChI=1S/C21H23N3O2S2/c1-12-8-9-14-17(10-12)28-21-18(14)20(22-11-23-21)27-13(2)19(25)24-15-6-4-5-7-16(15)26-3/h4-7,11-13H,8-10H2,1-3H3,(H,24,25)/t12-,13+/m1/s1. The summed E-state index contributed by atoms with van der Waals surface area (Å²) in [5.74, 6) is 1.30. The van der Waals surface area contributed by atoms with Crippen molar-refractivity contribution in [3.05, 3.63) is 41.0 Å². The maximum absolute atomic E-state index is 12.8. The fourth-order valence-electron chi connectivity index (χ4n) is 3.54. The van der Waals surface area contributed by atoms with Crippen molar-refractivity contribution < 1.29 is 9.53 Å². The van der Waals surface area contributed by atoms with Crippen molar-refractivity contribution in [3.63, 3.8) is 0 Å². The maximum atomic E-state index is 12.8. The number of hydrogen-bond acceptors (Lipinski definition) is 6. The number of rotatable bonds is 5. The van der Waals surface area contributed by atoms with E-state index in [1.54, 1.807) is 24.8 Å². The number of methoxy groups -OCH3 is 1. The molecule has 0 unspecified atom stereocenters. The van der Waals surface area contributed by atoms with Crippen molar-refractivity contribution >= 4 is 44.9 Å². The molecule has 2 aromatic heterocycles. The smallest absolute Gasteiger partial charge is 0.237 e. The van der Waals surface area contributed by atoms with Crippen LogP contribution in [0.25, 0.3) is 10.2 Å². The highest BCUT2D eigenvalue weighted by molar-refractivity contribution is 8.00. The summed E-state index contributed by atoms with van der Waals surface area (Å²) in [5, 5.41) is 4.73. The number of ether oxygens (including phenoxy) is 1. The summed E-state index contributed by atoms with van der Waals surface area (Å²) in [6.07, 6.45) is 4.99. The van der Waals surface area contributed by atoms with Crippen LogP contribution in [0, 0.1) is 5.92 Å². The number of aryl methyl sites for hydroxylation is 1. The molecular weight excluding hydrogens is 390 g/mol. The van der Waals surface area contributed by atoms with Gasteiger partial charge >= 0.3 is 0 Å². The maximum Gasteiger partial charge on any atom is 0.237 e. The predicted octanol–water partition coefficient (Wildman–Crippen LogP) is 4.94. The molecule has 0 radical (unpaired) electrons.